The SMILES string of the molecule is COc1ccc(NC(=O)[C@@H](C)OC(=O)/C=C/c2ccc(C)s2)cc1. The molecule has 5 nitrogen and oxygen atoms in total. The Morgan fingerprint density at radius 1 is 1.17 bits per heavy atom. The number of methoxy groups -OCH3 is 1. The molecule has 1 aromatic carbocycles. The molecule has 24 heavy (non-hydrogen) atoms. The first-order chi connectivity index (χ1) is 11.5. The summed E-state index contributed by atoms with van der Waals surface area (Å²) in [7, 11) is 1.57. The number of benzene rings is 1. The van der Waals surface area contributed by atoms with Gasteiger partial charge in [0.1, 0.15) is 5.75 Å². The standard InChI is InChI=1S/C18H19NO4S/c1-12-4-9-16(24-12)10-11-17(20)23-13(2)18(21)19-14-5-7-15(22-3)8-6-14/h4-11,13H,1-3H3,(H,19,21)/b11-10+/t13-/m1/s1. The Labute approximate surface area is 144 Å². The summed E-state index contributed by atoms with van der Waals surface area (Å²) < 4.78 is 10.2. The number of hydrogen-bond acceptors (Lipinski definition) is 5. The molecule has 0 radical (unpaired) electrons. The van der Waals surface area contributed by atoms with Gasteiger partial charge in [-0.25, -0.2) is 4.79 Å². The molecule has 1 atom stereocenters. The van der Waals surface area contributed by atoms with Crippen LogP contribution in [-0.2, 0) is 14.3 Å². The van der Waals surface area contributed by atoms with E-state index in [1.165, 1.54) is 13.0 Å². The van der Waals surface area contributed by atoms with Crippen LogP contribution in [0.2, 0.25) is 0 Å². The number of carbonyl (C=O) groups excluding carboxylic acids is 2. The van der Waals surface area contributed by atoms with Crippen LogP contribution in [0.5, 0.6) is 5.75 Å². The van der Waals surface area contributed by atoms with E-state index < -0.39 is 18.0 Å². The van der Waals surface area contributed by atoms with E-state index in [1.807, 2.05) is 19.1 Å². The van der Waals surface area contributed by atoms with Gasteiger partial charge in [-0.1, -0.05) is 0 Å². The lowest BCUT2D eigenvalue weighted by molar-refractivity contribution is -0.148. The predicted octanol–water partition coefficient (Wildman–Crippen LogP) is 3.65. The van der Waals surface area contributed by atoms with E-state index >= 15 is 0 Å². The van der Waals surface area contributed by atoms with Gasteiger partial charge in [-0.15, -0.1) is 11.3 Å². The summed E-state index contributed by atoms with van der Waals surface area (Å²) in [6.07, 6.45) is 2.10. The summed E-state index contributed by atoms with van der Waals surface area (Å²) in [5.41, 5.74) is 0.605. The van der Waals surface area contributed by atoms with Crippen molar-refractivity contribution in [3.05, 3.63) is 52.2 Å². The number of hydrogen-bond donors (Lipinski definition) is 1. The van der Waals surface area contributed by atoms with Crippen LogP contribution >= 0.6 is 11.3 Å². The third kappa shape index (κ3) is 5.24. The van der Waals surface area contributed by atoms with Gasteiger partial charge in [0.15, 0.2) is 6.10 Å². The molecule has 0 aliphatic rings. The molecular weight excluding hydrogens is 326 g/mol. The average Bonchev–Trinajstić information content (AvgIpc) is 2.99. The minimum atomic E-state index is -0.894. The summed E-state index contributed by atoms with van der Waals surface area (Å²) in [5, 5.41) is 2.68. The highest BCUT2D eigenvalue weighted by Crippen LogP contribution is 2.17. The molecule has 1 amide bonds. The number of nitrogens with one attached hydrogen (secondary N) is 1. The van der Waals surface area contributed by atoms with E-state index in [2.05, 4.69) is 5.32 Å². The van der Waals surface area contributed by atoms with Gasteiger partial charge in [-0.05, 0) is 56.3 Å². The van der Waals surface area contributed by atoms with Crippen LogP contribution in [0.1, 0.15) is 16.7 Å². The van der Waals surface area contributed by atoms with Gasteiger partial charge in [0.05, 0.1) is 7.11 Å². The molecule has 126 valence electrons. The molecule has 0 unspecified atom stereocenters. The Morgan fingerprint density at radius 3 is 2.46 bits per heavy atom. The minimum absolute atomic E-state index is 0.395. The van der Waals surface area contributed by atoms with Crippen LogP contribution < -0.4 is 10.1 Å². The van der Waals surface area contributed by atoms with Crippen LogP contribution in [0.25, 0.3) is 6.08 Å². The van der Waals surface area contributed by atoms with Gasteiger partial charge < -0.3 is 14.8 Å². The summed E-state index contributed by atoms with van der Waals surface area (Å²) >= 11 is 1.58. The number of anilines is 1. The molecule has 2 aromatic rings. The highest BCUT2D eigenvalue weighted by molar-refractivity contribution is 7.12. The van der Waals surface area contributed by atoms with Gasteiger partial charge in [-0.2, -0.15) is 0 Å². The lowest BCUT2D eigenvalue weighted by Gasteiger charge is -2.12. The van der Waals surface area contributed by atoms with E-state index in [9.17, 15) is 9.59 Å². The van der Waals surface area contributed by atoms with Gasteiger partial charge >= 0.3 is 5.97 Å². The quantitative estimate of drug-likeness (QED) is 0.641. The predicted molar refractivity (Wildman–Crippen MR) is 95.3 cm³/mol. The van der Waals surface area contributed by atoms with Crippen LogP contribution in [0.15, 0.2) is 42.5 Å². The fraction of sp³-hybridized carbons (Fsp3) is 0.222. The third-order valence-electron chi connectivity index (χ3n) is 3.16. The third-order valence-corrected chi connectivity index (χ3v) is 4.13. The molecule has 1 N–H and O–H groups in total. The summed E-state index contributed by atoms with van der Waals surface area (Å²) in [5.74, 6) is -0.256. The Morgan fingerprint density at radius 2 is 1.88 bits per heavy atom. The van der Waals surface area contributed by atoms with Crippen molar-refractivity contribution in [2.75, 3.05) is 12.4 Å². The van der Waals surface area contributed by atoms with Crippen molar-refractivity contribution in [2.45, 2.75) is 20.0 Å². The van der Waals surface area contributed by atoms with Gasteiger partial charge in [0.2, 0.25) is 0 Å². The maximum atomic E-state index is 12.0. The van der Waals surface area contributed by atoms with E-state index in [0.717, 1.165) is 9.75 Å². The lowest BCUT2D eigenvalue weighted by Crippen LogP contribution is -2.29. The molecule has 0 bridgehead atoms. The maximum Gasteiger partial charge on any atom is 0.331 e. The first-order valence-corrected chi connectivity index (χ1v) is 8.19. The molecule has 6 heteroatoms. The van der Waals surface area contributed by atoms with Crippen LogP contribution in [-0.4, -0.2) is 25.1 Å². The van der Waals surface area contributed by atoms with Gasteiger partial charge in [-0.3, -0.25) is 4.79 Å². The first-order valence-electron chi connectivity index (χ1n) is 7.38. The largest absolute Gasteiger partial charge is 0.497 e. The van der Waals surface area contributed by atoms with Crippen molar-refractivity contribution in [3.8, 4) is 5.75 Å². The van der Waals surface area contributed by atoms with E-state index in [0.29, 0.717) is 11.4 Å². The second-order valence-electron chi connectivity index (χ2n) is 5.08. The van der Waals surface area contributed by atoms with E-state index in [-0.39, 0.29) is 0 Å². The van der Waals surface area contributed by atoms with Crippen LogP contribution in [0.3, 0.4) is 0 Å². The topological polar surface area (TPSA) is 64.6 Å². The number of ether oxygens (including phenoxy) is 2. The monoisotopic (exact) mass is 345 g/mol. The zero-order chi connectivity index (χ0) is 17.5. The summed E-state index contributed by atoms with van der Waals surface area (Å²) in [4.78, 5) is 25.9. The second kappa shape index (κ2) is 8.31. The molecule has 2 rings (SSSR count). The molecule has 0 aliphatic carbocycles. The van der Waals surface area contributed by atoms with Crippen molar-refractivity contribution >= 4 is 35.0 Å². The molecule has 1 aromatic heterocycles. The van der Waals surface area contributed by atoms with Crippen molar-refractivity contribution in [1.82, 2.24) is 0 Å². The highest BCUT2D eigenvalue weighted by Gasteiger charge is 2.16. The van der Waals surface area contributed by atoms with E-state index in [4.69, 9.17) is 9.47 Å². The summed E-state index contributed by atoms with van der Waals surface area (Å²) in [6.45, 7) is 3.52. The fourth-order valence-corrected chi connectivity index (χ4v) is 2.66. The van der Waals surface area contributed by atoms with Crippen molar-refractivity contribution < 1.29 is 19.1 Å². The zero-order valence-corrected chi connectivity index (χ0v) is 14.6. The fourth-order valence-electron chi connectivity index (χ4n) is 1.88. The second-order valence-corrected chi connectivity index (χ2v) is 6.40. The number of thiophene rings is 1. The minimum Gasteiger partial charge on any atom is -0.497 e. The number of rotatable bonds is 6. The van der Waals surface area contributed by atoms with Crippen LogP contribution in [0.4, 0.5) is 5.69 Å². The number of amides is 1. The Balaban J connectivity index is 1.85. The molecule has 0 spiro atoms. The Bertz CT molecular complexity index is 734. The van der Waals surface area contributed by atoms with Crippen molar-refractivity contribution in [3.63, 3.8) is 0 Å². The smallest absolute Gasteiger partial charge is 0.331 e. The molecular formula is C18H19NO4S. The van der Waals surface area contributed by atoms with Crippen molar-refractivity contribution in [2.24, 2.45) is 0 Å². The zero-order valence-electron chi connectivity index (χ0n) is 13.7. The number of aryl methyl sites for hydroxylation is 1. The first kappa shape index (κ1) is 17.7. The Kier molecular flexibility index (Phi) is 6.14. The Hall–Kier alpha value is -2.60. The van der Waals surface area contributed by atoms with Crippen LogP contribution in [0, 0.1) is 6.92 Å². The normalized spacial score (nSPS) is 12.0. The average molecular weight is 345 g/mol. The maximum absolute atomic E-state index is 12.0. The molecule has 0 saturated heterocycles. The van der Waals surface area contributed by atoms with E-state index in [1.54, 1.807) is 48.8 Å². The highest BCUT2D eigenvalue weighted by atomic mass is 32.1. The molecule has 1 heterocycles. The molecule has 0 saturated carbocycles. The lowest BCUT2D eigenvalue weighted by atomic mass is 10.3. The molecule has 0 aliphatic heterocycles. The summed E-state index contributed by atoms with van der Waals surface area (Å²) in [6, 6.07) is 10.8. The number of carbonyl (C=O) groups is 2. The van der Waals surface area contributed by atoms with Crippen molar-refractivity contribution in [1.29, 1.82) is 0 Å². The number of esters is 1. The molecule has 0 fully saturated rings. The van der Waals surface area contributed by atoms with Gasteiger partial charge in [0.25, 0.3) is 5.91 Å². The van der Waals surface area contributed by atoms with Gasteiger partial charge in [0, 0.05) is 21.5 Å².